The zero-order valence-electron chi connectivity index (χ0n) is 14.2. The molecule has 1 aliphatic heterocycles. The fourth-order valence-electron chi connectivity index (χ4n) is 2.86. The van der Waals surface area contributed by atoms with Gasteiger partial charge in [0, 0.05) is 24.4 Å². The average Bonchev–Trinajstić information content (AvgIpc) is 2.64. The third kappa shape index (κ3) is 3.24. The number of carbonyl (C=O) groups is 2. The summed E-state index contributed by atoms with van der Waals surface area (Å²) < 4.78 is 5.19. The Bertz CT molecular complexity index is 866. The van der Waals surface area contributed by atoms with Crippen molar-refractivity contribution in [2.75, 3.05) is 13.7 Å². The first-order valence-corrected chi connectivity index (χ1v) is 8.15. The van der Waals surface area contributed by atoms with E-state index in [4.69, 9.17) is 4.74 Å². The summed E-state index contributed by atoms with van der Waals surface area (Å²) in [7, 11) is 1.82. The zero-order valence-corrected chi connectivity index (χ0v) is 14.2. The summed E-state index contributed by atoms with van der Waals surface area (Å²) in [4.78, 5) is 27.6. The molecule has 0 aromatic heterocycles. The molecular weight excluding hydrogens is 314 g/mol. The first kappa shape index (κ1) is 16.7. The molecule has 0 unspecified atom stereocenters. The molecule has 1 heterocycles. The van der Waals surface area contributed by atoms with Crippen LogP contribution in [0.1, 0.15) is 28.4 Å². The molecule has 0 N–H and O–H groups in total. The van der Waals surface area contributed by atoms with Gasteiger partial charge in [0.25, 0.3) is 0 Å². The van der Waals surface area contributed by atoms with Crippen LogP contribution < -0.4 is 0 Å². The van der Waals surface area contributed by atoms with Gasteiger partial charge in [0.1, 0.15) is 5.57 Å². The van der Waals surface area contributed by atoms with Crippen LogP contribution in [0.25, 0.3) is 11.8 Å². The van der Waals surface area contributed by atoms with E-state index in [1.165, 1.54) is 0 Å². The first-order valence-electron chi connectivity index (χ1n) is 8.15. The van der Waals surface area contributed by atoms with E-state index >= 15 is 0 Å². The predicted molar refractivity (Wildman–Crippen MR) is 97.6 cm³/mol. The van der Waals surface area contributed by atoms with Gasteiger partial charge in [0.05, 0.1) is 12.3 Å². The van der Waals surface area contributed by atoms with E-state index in [2.05, 4.69) is 0 Å². The summed E-state index contributed by atoms with van der Waals surface area (Å²) in [6.45, 7) is 1.94. The molecule has 0 saturated carbocycles. The molecule has 0 aliphatic carbocycles. The fraction of sp³-hybridized carbons (Fsp3) is 0.143. The van der Waals surface area contributed by atoms with Crippen molar-refractivity contribution in [1.82, 2.24) is 4.90 Å². The molecule has 0 atom stereocenters. The average molecular weight is 333 g/mol. The number of benzene rings is 2. The van der Waals surface area contributed by atoms with Gasteiger partial charge in [-0.25, -0.2) is 4.79 Å². The van der Waals surface area contributed by atoms with Crippen molar-refractivity contribution in [3.05, 3.63) is 83.1 Å². The van der Waals surface area contributed by atoms with Gasteiger partial charge in [-0.05, 0) is 18.6 Å². The molecule has 0 amide bonds. The van der Waals surface area contributed by atoms with E-state index in [1.54, 1.807) is 36.1 Å². The largest absolute Gasteiger partial charge is 0.462 e. The number of carbonyl (C=O) groups excluding carboxylic acids is 2. The van der Waals surface area contributed by atoms with Crippen LogP contribution in [0.15, 0.2) is 66.4 Å². The molecule has 3 rings (SSSR count). The van der Waals surface area contributed by atoms with Crippen molar-refractivity contribution in [3.8, 4) is 0 Å². The number of esters is 1. The van der Waals surface area contributed by atoms with Crippen molar-refractivity contribution in [2.24, 2.45) is 0 Å². The van der Waals surface area contributed by atoms with Gasteiger partial charge in [-0.15, -0.1) is 0 Å². The summed E-state index contributed by atoms with van der Waals surface area (Å²) >= 11 is 0. The van der Waals surface area contributed by atoms with E-state index in [9.17, 15) is 9.59 Å². The Labute approximate surface area is 147 Å². The van der Waals surface area contributed by atoms with Gasteiger partial charge in [-0.1, -0.05) is 54.6 Å². The van der Waals surface area contributed by atoms with Gasteiger partial charge in [-0.3, -0.25) is 4.79 Å². The van der Waals surface area contributed by atoms with Crippen molar-refractivity contribution >= 4 is 23.5 Å². The third-order valence-corrected chi connectivity index (χ3v) is 4.03. The lowest BCUT2D eigenvalue weighted by Gasteiger charge is -2.26. The smallest absolute Gasteiger partial charge is 0.344 e. The van der Waals surface area contributed by atoms with Crippen LogP contribution in [0.3, 0.4) is 0 Å². The van der Waals surface area contributed by atoms with Crippen LogP contribution >= 0.6 is 0 Å². The Morgan fingerprint density at radius 3 is 2.40 bits per heavy atom. The predicted octanol–water partition coefficient (Wildman–Crippen LogP) is 3.76. The van der Waals surface area contributed by atoms with Crippen LogP contribution in [0.5, 0.6) is 0 Å². The number of Topliss-reactive ketones (excluding diaryl/α,β-unsaturated/α-hetero) is 1. The minimum absolute atomic E-state index is 0.0485. The van der Waals surface area contributed by atoms with Crippen LogP contribution in [0.2, 0.25) is 0 Å². The number of ketones is 1. The second-order valence-corrected chi connectivity index (χ2v) is 5.65. The van der Waals surface area contributed by atoms with Crippen molar-refractivity contribution in [1.29, 1.82) is 0 Å². The Kier molecular flexibility index (Phi) is 4.80. The molecular formula is C21H19NO3. The number of nitrogens with zero attached hydrogens (tertiary/aromatic N) is 1. The van der Waals surface area contributed by atoms with Gasteiger partial charge >= 0.3 is 5.97 Å². The Morgan fingerprint density at radius 1 is 1.00 bits per heavy atom. The summed E-state index contributed by atoms with van der Waals surface area (Å²) in [5, 5.41) is 0. The lowest BCUT2D eigenvalue weighted by atomic mass is 9.93. The van der Waals surface area contributed by atoms with Gasteiger partial charge in [0.2, 0.25) is 5.78 Å². The van der Waals surface area contributed by atoms with Crippen LogP contribution in [0, 0.1) is 0 Å². The fourth-order valence-corrected chi connectivity index (χ4v) is 2.86. The van der Waals surface area contributed by atoms with E-state index in [-0.39, 0.29) is 18.0 Å². The van der Waals surface area contributed by atoms with Gasteiger partial charge in [0.15, 0.2) is 0 Å². The Balaban J connectivity index is 2.23. The molecule has 126 valence electrons. The SMILES string of the molecule is CCOC(=O)/C(C(=O)c1ccccc1)=C1\c2ccccc2C=CN1C. The van der Waals surface area contributed by atoms with E-state index in [0.717, 1.165) is 11.1 Å². The number of ether oxygens (including phenoxy) is 1. The molecule has 4 heteroatoms. The van der Waals surface area contributed by atoms with Crippen molar-refractivity contribution in [3.63, 3.8) is 0 Å². The summed E-state index contributed by atoms with van der Waals surface area (Å²) in [6.07, 6.45) is 3.80. The maximum absolute atomic E-state index is 13.1. The Morgan fingerprint density at radius 2 is 1.68 bits per heavy atom. The molecule has 0 spiro atoms. The molecule has 25 heavy (non-hydrogen) atoms. The zero-order chi connectivity index (χ0) is 17.8. The topological polar surface area (TPSA) is 46.6 Å². The maximum Gasteiger partial charge on any atom is 0.344 e. The molecule has 2 aromatic rings. The quantitative estimate of drug-likeness (QED) is 0.281. The second kappa shape index (κ2) is 7.18. The minimum Gasteiger partial charge on any atom is -0.462 e. The molecule has 1 aliphatic rings. The minimum atomic E-state index is -0.608. The van der Waals surface area contributed by atoms with Crippen molar-refractivity contribution < 1.29 is 14.3 Å². The molecule has 0 radical (unpaired) electrons. The number of rotatable bonds is 4. The number of fused-ring (bicyclic) bond motifs is 1. The van der Waals surface area contributed by atoms with Crippen LogP contribution in [-0.4, -0.2) is 30.3 Å². The van der Waals surface area contributed by atoms with Gasteiger partial charge in [-0.2, -0.15) is 0 Å². The van der Waals surface area contributed by atoms with Crippen molar-refractivity contribution in [2.45, 2.75) is 6.92 Å². The number of hydrogen-bond acceptors (Lipinski definition) is 4. The highest BCUT2D eigenvalue weighted by molar-refractivity contribution is 6.28. The normalized spacial score (nSPS) is 14.7. The molecule has 4 nitrogen and oxygen atoms in total. The Hall–Kier alpha value is -3.14. The highest BCUT2D eigenvalue weighted by Crippen LogP contribution is 2.32. The van der Waals surface area contributed by atoms with E-state index in [1.807, 2.05) is 49.7 Å². The summed E-state index contributed by atoms with van der Waals surface area (Å²) in [5.41, 5.74) is 2.86. The lowest BCUT2D eigenvalue weighted by Crippen LogP contribution is -2.25. The molecule has 2 aromatic carbocycles. The number of hydrogen-bond donors (Lipinski definition) is 0. The van der Waals surface area contributed by atoms with Gasteiger partial charge < -0.3 is 9.64 Å². The highest BCUT2D eigenvalue weighted by Gasteiger charge is 2.29. The maximum atomic E-state index is 13.1. The van der Waals surface area contributed by atoms with E-state index in [0.29, 0.717) is 11.3 Å². The highest BCUT2D eigenvalue weighted by atomic mass is 16.5. The molecule has 0 bridgehead atoms. The third-order valence-electron chi connectivity index (χ3n) is 4.03. The summed E-state index contributed by atoms with van der Waals surface area (Å²) in [5.74, 6) is -0.950. The monoisotopic (exact) mass is 333 g/mol. The molecule has 0 fully saturated rings. The standard InChI is InChI=1S/C21H19NO3/c1-3-25-21(24)18(20(23)16-10-5-4-6-11-16)19-17-12-8-7-9-15(17)13-14-22(19)2/h4-14H,3H2,1-2H3/b19-18+. The van der Waals surface area contributed by atoms with Crippen LogP contribution in [0.4, 0.5) is 0 Å². The van der Waals surface area contributed by atoms with E-state index < -0.39 is 5.97 Å². The molecule has 0 saturated heterocycles. The van der Waals surface area contributed by atoms with Crippen LogP contribution in [-0.2, 0) is 9.53 Å². The first-order chi connectivity index (χ1) is 12.1. The second-order valence-electron chi connectivity index (χ2n) is 5.65. The summed E-state index contributed by atoms with van der Waals surface area (Å²) in [6, 6.07) is 16.5. The lowest BCUT2D eigenvalue weighted by molar-refractivity contribution is -0.138.